The molecule has 0 atom stereocenters. The van der Waals surface area contributed by atoms with Gasteiger partial charge in [-0.25, -0.2) is 0 Å². The molecule has 15 heavy (non-hydrogen) atoms. The van der Waals surface area contributed by atoms with E-state index in [1.807, 2.05) is 33.8 Å². The largest absolute Gasteiger partial charge is 0.491 e. The lowest BCUT2D eigenvalue weighted by Gasteiger charge is -2.14. The minimum absolute atomic E-state index is 0.138. The number of nitrogen functional groups attached to an aromatic ring is 1. The van der Waals surface area contributed by atoms with Crippen molar-refractivity contribution in [2.75, 3.05) is 5.73 Å². The zero-order valence-electron chi connectivity index (χ0n) is 9.78. The maximum Gasteiger partial charge on any atom is 0.125 e. The molecular weight excluding hydrogens is 190 g/mol. The fourth-order valence-electron chi connectivity index (χ4n) is 1.27. The van der Waals surface area contributed by atoms with Crippen molar-refractivity contribution in [2.24, 2.45) is 0 Å². The normalized spacial score (nSPS) is 10.8. The van der Waals surface area contributed by atoms with Crippen molar-refractivity contribution in [3.05, 3.63) is 18.2 Å². The van der Waals surface area contributed by atoms with E-state index < -0.39 is 0 Å². The van der Waals surface area contributed by atoms with Crippen LogP contribution in [-0.2, 0) is 0 Å². The van der Waals surface area contributed by atoms with Gasteiger partial charge in [-0.05, 0) is 27.7 Å². The molecule has 1 rings (SSSR count). The van der Waals surface area contributed by atoms with Crippen LogP contribution in [0, 0.1) is 0 Å². The van der Waals surface area contributed by atoms with Gasteiger partial charge in [0, 0.05) is 23.9 Å². The summed E-state index contributed by atoms with van der Waals surface area (Å²) in [6.45, 7) is 7.91. The molecule has 84 valence electrons. The molecule has 3 nitrogen and oxygen atoms in total. The third kappa shape index (κ3) is 4.11. The summed E-state index contributed by atoms with van der Waals surface area (Å²) in [6.07, 6.45) is 0.275. The van der Waals surface area contributed by atoms with Gasteiger partial charge in [0.25, 0.3) is 0 Å². The number of rotatable bonds is 4. The highest BCUT2D eigenvalue weighted by Crippen LogP contribution is 2.25. The van der Waals surface area contributed by atoms with Crippen molar-refractivity contribution in [3.8, 4) is 11.5 Å². The van der Waals surface area contributed by atoms with Crippen LogP contribution < -0.4 is 15.2 Å². The fraction of sp³-hybridized carbons (Fsp3) is 0.500. The first-order valence-corrected chi connectivity index (χ1v) is 5.21. The Labute approximate surface area is 91.2 Å². The van der Waals surface area contributed by atoms with Gasteiger partial charge in [0.2, 0.25) is 0 Å². The molecule has 0 bridgehead atoms. The summed E-state index contributed by atoms with van der Waals surface area (Å²) >= 11 is 0. The lowest BCUT2D eigenvalue weighted by Crippen LogP contribution is -2.08. The van der Waals surface area contributed by atoms with Crippen molar-refractivity contribution in [1.29, 1.82) is 0 Å². The molecule has 0 unspecified atom stereocenters. The molecule has 3 heteroatoms. The van der Waals surface area contributed by atoms with Crippen molar-refractivity contribution >= 4 is 5.69 Å². The zero-order chi connectivity index (χ0) is 11.4. The molecule has 1 aromatic carbocycles. The molecular formula is C12H19NO2. The summed E-state index contributed by atoms with van der Waals surface area (Å²) in [6, 6.07) is 5.46. The van der Waals surface area contributed by atoms with E-state index in [1.54, 1.807) is 12.1 Å². The first-order chi connectivity index (χ1) is 6.97. The van der Waals surface area contributed by atoms with Crippen molar-refractivity contribution < 1.29 is 9.47 Å². The topological polar surface area (TPSA) is 44.5 Å². The molecule has 0 aromatic heterocycles. The molecule has 0 aliphatic rings. The van der Waals surface area contributed by atoms with Gasteiger partial charge in [0.05, 0.1) is 12.2 Å². The Morgan fingerprint density at radius 1 is 0.867 bits per heavy atom. The van der Waals surface area contributed by atoms with Gasteiger partial charge in [-0.2, -0.15) is 0 Å². The highest BCUT2D eigenvalue weighted by atomic mass is 16.5. The van der Waals surface area contributed by atoms with Gasteiger partial charge in [-0.3, -0.25) is 0 Å². The zero-order valence-corrected chi connectivity index (χ0v) is 9.78. The third-order valence-corrected chi connectivity index (χ3v) is 1.65. The monoisotopic (exact) mass is 209 g/mol. The van der Waals surface area contributed by atoms with Gasteiger partial charge >= 0.3 is 0 Å². The molecule has 0 saturated heterocycles. The summed E-state index contributed by atoms with van der Waals surface area (Å²) in [5.41, 5.74) is 6.41. The molecule has 0 fully saturated rings. The molecule has 0 heterocycles. The summed E-state index contributed by atoms with van der Waals surface area (Å²) in [5, 5.41) is 0. The van der Waals surface area contributed by atoms with E-state index in [0.29, 0.717) is 5.69 Å². The van der Waals surface area contributed by atoms with Crippen LogP contribution >= 0.6 is 0 Å². The van der Waals surface area contributed by atoms with Crippen LogP contribution in [0.5, 0.6) is 11.5 Å². The Hall–Kier alpha value is -1.38. The number of ether oxygens (including phenoxy) is 2. The number of nitrogens with two attached hydrogens (primary N) is 1. The van der Waals surface area contributed by atoms with E-state index in [1.165, 1.54) is 0 Å². The SMILES string of the molecule is CC(C)Oc1cc(N)cc(OC(C)C)c1. The van der Waals surface area contributed by atoms with Crippen LogP contribution in [0.25, 0.3) is 0 Å². The van der Waals surface area contributed by atoms with Crippen LogP contribution in [0.4, 0.5) is 5.69 Å². The lowest BCUT2D eigenvalue weighted by atomic mass is 10.2. The Balaban J connectivity index is 2.84. The second-order valence-electron chi connectivity index (χ2n) is 4.07. The summed E-state index contributed by atoms with van der Waals surface area (Å²) in [4.78, 5) is 0. The van der Waals surface area contributed by atoms with Crippen LogP contribution in [-0.4, -0.2) is 12.2 Å². The Bertz CT molecular complexity index is 293. The summed E-state index contributed by atoms with van der Waals surface area (Å²) < 4.78 is 11.1. The average Bonchev–Trinajstić information content (AvgIpc) is 1.98. The molecule has 1 aromatic rings. The van der Waals surface area contributed by atoms with Gasteiger partial charge in [0.1, 0.15) is 11.5 Å². The highest BCUT2D eigenvalue weighted by Gasteiger charge is 2.04. The minimum atomic E-state index is 0.138. The predicted molar refractivity (Wildman–Crippen MR) is 62.4 cm³/mol. The van der Waals surface area contributed by atoms with Gasteiger partial charge < -0.3 is 15.2 Å². The first-order valence-electron chi connectivity index (χ1n) is 5.21. The quantitative estimate of drug-likeness (QED) is 0.775. The summed E-state index contributed by atoms with van der Waals surface area (Å²) in [5.74, 6) is 1.50. The molecule has 0 aliphatic heterocycles. The molecule has 0 amide bonds. The standard InChI is InChI=1S/C12H19NO2/c1-8(2)14-11-5-10(13)6-12(7-11)15-9(3)4/h5-9H,13H2,1-4H3. The average molecular weight is 209 g/mol. The Kier molecular flexibility index (Phi) is 3.83. The van der Waals surface area contributed by atoms with Crippen LogP contribution in [0.15, 0.2) is 18.2 Å². The minimum Gasteiger partial charge on any atom is -0.491 e. The smallest absolute Gasteiger partial charge is 0.125 e. The van der Waals surface area contributed by atoms with Crippen LogP contribution in [0.1, 0.15) is 27.7 Å². The molecule has 0 radical (unpaired) electrons. The Morgan fingerprint density at radius 2 is 1.27 bits per heavy atom. The van der Waals surface area contributed by atoms with E-state index in [4.69, 9.17) is 15.2 Å². The highest BCUT2D eigenvalue weighted by molar-refractivity contribution is 5.50. The fourth-order valence-corrected chi connectivity index (χ4v) is 1.27. The van der Waals surface area contributed by atoms with Gasteiger partial charge in [-0.15, -0.1) is 0 Å². The molecule has 0 spiro atoms. The number of benzene rings is 1. The van der Waals surface area contributed by atoms with E-state index >= 15 is 0 Å². The molecule has 0 aliphatic carbocycles. The van der Waals surface area contributed by atoms with Gasteiger partial charge in [0.15, 0.2) is 0 Å². The predicted octanol–water partition coefficient (Wildman–Crippen LogP) is 2.84. The second kappa shape index (κ2) is 4.91. The Morgan fingerprint density at radius 3 is 1.60 bits per heavy atom. The van der Waals surface area contributed by atoms with Crippen LogP contribution in [0.3, 0.4) is 0 Å². The number of anilines is 1. The van der Waals surface area contributed by atoms with Crippen molar-refractivity contribution in [3.63, 3.8) is 0 Å². The summed E-state index contributed by atoms with van der Waals surface area (Å²) in [7, 11) is 0. The third-order valence-electron chi connectivity index (χ3n) is 1.65. The van der Waals surface area contributed by atoms with E-state index in [-0.39, 0.29) is 12.2 Å². The van der Waals surface area contributed by atoms with E-state index in [9.17, 15) is 0 Å². The van der Waals surface area contributed by atoms with Crippen molar-refractivity contribution in [2.45, 2.75) is 39.9 Å². The van der Waals surface area contributed by atoms with Gasteiger partial charge in [-0.1, -0.05) is 0 Å². The maximum atomic E-state index is 5.75. The van der Waals surface area contributed by atoms with E-state index in [2.05, 4.69) is 0 Å². The number of hydrogen-bond donors (Lipinski definition) is 1. The second-order valence-corrected chi connectivity index (χ2v) is 4.07. The van der Waals surface area contributed by atoms with E-state index in [0.717, 1.165) is 11.5 Å². The number of hydrogen-bond acceptors (Lipinski definition) is 3. The molecule has 2 N–H and O–H groups in total. The molecule has 0 saturated carbocycles. The lowest BCUT2D eigenvalue weighted by molar-refractivity contribution is 0.229. The van der Waals surface area contributed by atoms with Crippen LogP contribution in [0.2, 0.25) is 0 Å². The first kappa shape index (κ1) is 11.7. The maximum absolute atomic E-state index is 5.75. The van der Waals surface area contributed by atoms with Crippen molar-refractivity contribution in [1.82, 2.24) is 0 Å².